The molecule has 2 amide bonds. The third-order valence-electron chi connectivity index (χ3n) is 6.79. The van der Waals surface area contributed by atoms with Crippen LogP contribution in [-0.4, -0.2) is 53.2 Å². The van der Waals surface area contributed by atoms with Crippen LogP contribution in [0.1, 0.15) is 57.1 Å². The van der Waals surface area contributed by atoms with E-state index in [-0.39, 0.29) is 18.4 Å². The number of alkyl carbamates (subject to hydrolysis) is 1. The van der Waals surface area contributed by atoms with E-state index in [4.69, 9.17) is 4.74 Å². The molecule has 2 aromatic carbocycles. The van der Waals surface area contributed by atoms with Crippen LogP contribution in [0.3, 0.4) is 0 Å². The first-order valence-electron chi connectivity index (χ1n) is 11.8. The summed E-state index contributed by atoms with van der Waals surface area (Å²) in [5, 5.41) is 12.3. The third kappa shape index (κ3) is 4.65. The molecule has 1 heterocycles. The molecular formula is C27H32N2O5. The molecule has 0 spiro atoms. The number of hydrogen-bond donors (Lipinski definition) is 2. The van der Waals surface area contributed by atoms with E-state index in [2.05, 4.69) is 17.4 Å². The van der Waals surface area contributed by atoms with Crippen LogP contribution in [0.2, 0.25) is 0 Å². The van der Waals surface area contributed by atoms with Crippen molar-refractivity contribution < 1.29 is 24.2 Å². The highest BCUT2D eigenvalue weighted by Gasteiger charge is 2.41. The minimum Gasteiger partial charge on any atom is -0.480 e. The highest BCUT2D eigenvalue weighted by atomic mass is 16.5. The number of hydrogen-bond acceptors (Lipinski definition) is 4. The number of piperidine rings is 1. The topological polar surface area (TPSA) is 95.9 Å². The minimum atomic E-state index is -1.01. The van der Waals surface area contributed by atoms with E-state index in [0.29, 0.717) is 13.0 Å². The molecule has 0 saturated carbocycles. The number of rotatable bonds is 5. The Balaban J connectivity index is 1.47. The normalized spacial score (nSPS) is 18.6. The Hall–Kier alpha value is -3.35. The number of likely N-dealkylation sites (tertiary alicyclic amines) is 1. The molecule has 1 fully saturated rings. The summed E-state index contributed by atoms with van der Waals surface area (Å²) in [6, 6.07) is 14.4. The van der Waals surface area contributed by atoms with Gasteiger partial charge in [-0.05, 0) is 46.9 Å². The second kappa shape index (κ2) is 9.49. The Morgan fingerprint density at radius 2 is 1.62 bits per heavy atom. The number of aliphatic carboxylic acids is 1. The third-order valence-corrected chi connectivity index (χ3v) is 6.79. The summed E-state index contributed by atoms with van der Waals surface area (Å²) in [6.07, 6.45) is 1.25. The highest BCUT2D eigenvalue weighted by molar-refractivity contribution is 5.90. The number of ether oxygens (including phenoxy) is 1. The standard InChI is InChI=1S/C27H32N2O5/c1-27(2,3)23(24(30)29-15-9-8-14-22(29)25(31)32)28-26(33)34-16-21-19-12-6-4-10-17(19)18-11-5-7-13-20(18)21/h4-7,10-13,21-23H,8-9,14-16H2,1-3H3,(H,28,33)(H,31,32)/t22-,23+/m0/s1. The van der Waals surface area contributed by atoms with E-state index in [1.54, 1.807) is 0 Å². The molecule has 2 aliphatic rings. The molecule has 0 aromatic heterocycles. The van der Waals surface area contributed by atoms with Crippen LogP contribution in [-0.2, 0) is 14.3 Å². The predicted octanol–water partition coefficient (Wildman–Crippen LogP) is 4.41. The van der Waals surface area contributed by atoms with Gasteiger partial charge in [0, 0.05) is 12.5 Å². The molecule has 7 heteroatoms. The van der Waals surface area contributed by atoms with Crippen molar-refractivity contribution in [2.24, 2.45) is 5.41 Å². The zero-order valence-corrected chi connectivity index (χ0v) is 19.9. The number of carboxylic acid groups (broad SMARTS) is 1. The number of nitrogens with zero attached hydrogens (tertiary/aromatic N) is 1. The van der Waals surface area contributed by atoms with Crippen molar-refractivity contribution in [2.45, 2.75) is 58.0 Å². The molecule has 2 N–H and O–H groups in total. The molecule has 180 valence electrons. The maximum Gasteiger partial charge on any atom is 0.407 e. The van der Waals surface area contributed by atoms with Crippen molar-refractivity contribution in [2.75, 3.05) is 13.2 Å². The van der Waals surface area contributed by atoms with Gasteiger partial charge in [-0.1, -0.05) is 69.3 Å². The maximum atomic E-state index is 13.4. The van der Waals surface area contributed by atoms with Crippen LogP contribution in [0.4, 0.5) is 4.79 Å². The Bertz CT molecular complexity index is 1040. The Labute approximate surface area is 200 Å². The molecule has 7 nitrogen and oxygen atoms in total. The quantitative estimate of drug-likeness (QED) is 0.684. The van der Waals surface area contributed by atoms with Gasteiger partial charge in [-0.15, -0.1) is 0 Å². The van der Waals surface area contributed by atoms with Crippen LogP contribution in [0, 0.1) is 5.41 Å². The van der Waals surface area contributed by atoms with Crippen LogP contribution >= 0.6 is 0 Å². The largest absolute Gasteiger partial charge is 0.480 e. The fourth-order valence-corrected chi connectivity index (χ4v) is 5.02. The van der Waals surface area contributed by atoms with Crippen molar-refractivity contribution in [1.82, 2.24) is 10.2 Å². The molecule has 1 aliphatic heterocycles. The summed E-state index contributed by atoms with van der Waals surface area (Å²) < 4.78 is 5.64. The molecule has 0 bridgehead atoms. The monoisotopic (exact) mass is 464 g/mol. The van der Waals surface area contributed by atoms with Gasteiger partial charge in [-0.2, -0.15) is 0 Å². The smallest absolute Gasteiger partial charge is 0.407 e. The molecule has 34 heavy (non-hydrogen) atoms. The molecule has 2 aromatic rings. The molecule has 0 radical (unpaired) electrons. The van der Waals surface area contributed by atoms with Crippen LogP contribution in [0.25, 0.3) is 11.1 Å². The van der Waals surface area contributed by atoms with Crippen LogP contribution in [0.5, 0.6) is 0 Å². The molecule has 0 unspecified atom stereocenters. The summed E-state index contributed by atoms with van der Waals surface area (Å²) in [7, 11) is 0. The van der Waals surface area contributed by atoms with Gasteiger partial charge in [0.25, 0.3) is 0 Å². The SMILES string of the molecule is CC(C)(C)[C@H](NC(=O)OCC1c2ccccc2-c2ccccc21)C(=O)N1CCCC[C@H]1C(=O)O. The van der Waals surface area contributed by atoms with Crippen molar-refractivity contribution in [1.29, 1.82) is 0 Å². The maximum absolute atomic E-state index is 13.4. The average Bonchev–Trinajstić information content (AvgIpc) is 3.14. The van der Waals surface area contributed by atoms with E-state index in [1.165, 1.54) is 4.90 Å². The lowest BCUT2D eigenvalue weighted by Gasteiger charge is -2.39. The number of nitrogens with one attached hydrogen (secondary N) is 1. The minimum absolute atomic E-state index is 0.0829. The van der Waals surface area contributed by atoms with E-state index in [0.717, 1.165) is 35.1 Å². The summed E-state index contributed by atoms with van der Waals surface area (Å²) in [4.78, 5) is 39.3. The first kappa shape index (κ1) is 23.8. The number of fused-ring (bicyclic) bond motifs is 3. The van der Waals surface area contributed by atoms with E-state index >= 15 is 0 Å². The van der Waals surface area contributed by atoms with Gasteiger partial charge in [-0.3, -0.25) is 4.79 Å². The van der Waals surface area contributed by atoms with Gasteiger partial charge < -0.3 is 20.1 Å². The highest BCUT2D eigenvalue weighted by Crippen LogP contribution is 2.44. The van der Waals surface area contributed by atoms with E-state index in [9.17, 15) is 19.5 Å². The zero-order chi connectivity index (χ0) is 24.5. The first-order chi connectivity index (χ1) is 16.2. The van der Waals surface area contributed by atoms with Gasteiger partial charge in [0.15, 0.2) is 0 Å². The fraction of sp³-hybridized carbons (Fsp3) is 0.444. The molecule has 1 saturated heterocycles. The lowest BCUT2D eigenvalue weighted by Crippen LogP contribution is -2.59. The lowest BCUT2D eigenvalue weighted by atomic mass is 9.85. The Morgan fingerprint density at radius 3 is 2.18 bits per heavy atom. The zero-order valence-electron chi connectivity index (χ0n) is 19.9. The number of benzene rings is 2. The van der Waals surface area contributed by atoms with E-state index < -0.39 is 29.6 Å². The number of carbonyl (C=O) groups excluding carboxylic acids is 2. The Morgan fingerprint density at radius 1 is 1.03 bits per heavy atom. The van der Waals surface area contributed by atoms with Gasteiger partial charge in [0.2, 0.25) is 5.91 Å². The summed E-state index contributed by atoms with van der Waals surface area (Å²) in [6.45, 7) is 6.05. The summed E-state index contributed by atoms with van der Waals surface area (Å²) >= 11 is 0. The summed E-state index contributed by atoms with van der Waals surface area (Å²) in [5.74, 6) is -1.48. The number of carboxylic acids is 1. The second-order valence-corrected chi connectivity index (χ2v) is 10.2. The van der Waals surface area contributed by atoms with Crippen molar-refractivity contribution >= 4 is 18.0 Å². The lowest BCUT2D eigenvalue weighted by molar-refractivity contribution is -0.154. The number of amides is 2. The van der Waals surface area contributed by atoms with Gasteiger partial charge in [0.1, 0.15) is 18.7 Å². The molecule has 1 aliphatic carbocycles. The van der Waals surface area contributed by atoms with E-state index in [1.807, 2.05) is 57.2 Å². The second-order valence-electron chi connectivity index (χ2n) is 10.2. The fourth-order valence-electron chi connectivity index (χ4n) is 5.02. The van der Waals surface area contributed by atoms with Crippen molar-refractivity contribution in [3.8, 4) is 11.1 Å². The molecule has 4 rings (SSSR count). The van der Waals surface area contributed by atoms with Gasteiger partial charge in [0.05, 0.1) is 0 Å². The number of carbonyl (C=O) groups is 3. The van der Waals surface area contributed by atoms with Gasteiger partial charge in [-0.25, -0.2) is 9.59 Å². The molecule has 2 atom stereocenters. The molecular weight excluding hydrogens is 432 g/mol. The summed E-state index contributed by atoms with van der Waals surface area (Å²) in [5.41, 5.74) is 3.87. The van der Waals surface area contributed by atoms with Crippen LogP contribution < -0.4 is 5.32 Å². The van der Waals surface area contributed by atoms with Gasteiger partial charge >= 0.3 is 12.1 Å². The van der Waals surface area contributed by atoms with Crippen molar-refractivity contribution in [3.63, 3.8) is 0 Å². The van der Waals surface area contributed by atoms with Crippen molar-refractivity contribution in [3.05, 3.63) is 59.7 Å². The first-order valence-corrected chi connectivity index (χ1v) is 11.8. The van der Waals surface area contributed by atoms with Crippen LogP contribution in [0.15, 0.2) is 48.5 Å². The Kier molecular flexibility index (Phi) is 6.64. The average molecular weight is 465 g/mol. The predicted molar refractivity (Wildman–Crippen MR) is 128 cm³/mol.